The van der Waals surface area contributed by atoms with Crippen molar-refractivity contribution >= 4 is 18.1 Å². The van der Waals surface area contributed by atoms with E-state index in [1.807, 2.05) is 31.2 Å². The van der Waals surface area contributed by atoms with Gasteiger partial charge in [0.15, 0.2) is 0 Å². The van der Waals surface area contributed by atoms with Gasteiger partial charge in [-0.05, 0) is 11.6 Å². The summed E-state index contributed by atoms with van der Waals surface area (Å²) in [6, 6.07) is 7.85. The molecule has 2 aromatic rings. The summed E-state index contributed by atoms with van der Waals surface area (Å²) in [7, 11) is 0. The normalized spacial score (nSPS) is 10.2. The van der Waals surface area contributed by atoms with Crippen LogP contribution in [0.25, 0.3) is 0 Å². The van der Waals surface area contributed by atoms with Crippen molar-refractivity contribution in [3.05, 3.63) is 41.1 Å². The van der Waals surface area contributed by atoms with Crippen LogP contribution in [0.1, 0.15) is 28.5 Å². The molecular formula is C13H14N3O3+. The Morgan fingerprint density at radius 1 is 1.42 bits per heavy atom. The lowest BCUT2D eigenvalue weighted by molar-refractivity contribution is -0.755. The van der Waals surface area contributed by atoms with Crippen LogP contribution in [0.5, 0.6) is 0 Å². The van der Waals surface area contributed by atoms with Gasteiger partial charge in [0.2, 0.25) is 24.0 Å². The molecule has 6 heteroatoms. The van der Waals surface area contributed by atoms with E-state index in [2.05, 4.69) is 10.6 Å². The van der Waals surface area contributed by atoms with Crippen molar-refractivity contribution in [2.24, 2.45) is 0 Å². The Bertz CT molecular complexity index is 602. The summed E-state index contributed by atoms with van der Waals surface area (Å²) < 4.78 is 6.35. The highest BCUT2D eigenvalue weighted by Gasteiger charge is 2.25. The van der Waals surface area contributed by atoms with Crippen LogP contribution in [-0.4, -0.2) is 17.5 Å². The Labute approximate surface area is 110 Å². The van der Waals surface area contributed by atoms with Crippen LogP contribution < -0.4 is 10.00 Å². The Morgan fingerprint density at radius 2 is 2.11 bits per heavy atom. The molecule has 0 spiro atoms. The van der Waals surface area contributed by atoms with Crippen molar-refractivity contribution in [3.63, 3.8) is 0 Å². The van der Waals surface area contributed by atoms with Crippen molar-refractivity contribution in [2.75, 3.05) is 5.32 Å². The van der Waals surface area contributed by atoms with Gasteiger partial charge < -0.3 is 0 Å². The molecule has 0 aliphatic heterocycles. The summed E-state index contributed by atoms with van der Waals surface area (Å²) >= 11 is 0. The van der Waals surface area contributed by atoms with E-state index in [1.54, 1.807) is 0 Å². The summed E-state index contributed by atoms with van der Waals surface area (Å²) in [4.78, 5) is 22.0. The van der Waals surface area contributed by atoms with Gasteiger partial charge in [0.1, 0.15) is 0 Å². The van der Waals surface area contributed by atoms with Crippen LogP contribution >= 0.6 is 0 Å². The van der Waals surface area contributed by atoms with Gasteiger partial charge in [0.25, 0.3) is 0 Å². The highest BCUT2D eigenvalue weighted by atomic mass is 16.5. The van der Waals surface area contributed by atoms with Crippen molar-refractivity contribution in [1.29, 1.82) is 0 Å². The van der Waals surface area contributed by atoms with E-state index < -0.39 is 0 Å². The first-order valence-electron chi connectivity index (χ1n) is 5.78. The van der Waals surface area contributed by atoms with Crippen molar-refractivity contribution in [2.45, 2.75) is 20.4 Å². The Kier molecular flexibility index (Phi) is 3.70. The lowest BCUT2D eigenvalue weighted by Gasteiger charge is -1.95. The minimum atomic E-state index is -0.318. The van der Waals surface area contributed by atoms with Gasteiger partial charge in [0.05, 0.1) is 0 Å². The number of aldehydes is 1. The first kappa shape index (κ1) is 12.9. The maximum atomic E-state index is 11.1. The predicted molar refractivity (Wildman–Crippen MR) is 66.7 cm³/mol. The fraction of sp³-hybridized carbons (Fsp3) is 0.231. The molecule has 0 aliphatic rings. The fourth-order valence-corrected chi connectivity index (χ4v) is 1.64. The van der Waals surface area contributed by atoms with Crippen molar-refractivity contribution in [3.8, 4) is 0 Å². The summed E-state index contributed by atoms with van der Waals surface area (Å²) in [6.07, 6.45) is 0.607. The van der Waals surface area contributed by atoms with Crippen LogP contribution in [0.15, 0.2) is 28.8 Å². The van der Waals surface area contributed by atoms with E-state index in [9.17, 15) is 9.59 Å². The first-order chi connectivity index (χ1) is 9.10. The molecule has 1 aromatic heterocycles. The minimum absolute atomic E-state index is 0.0645. The van der Waals surface area contributed by atoms with Crippen LogP contribution in [0.4, 0.5) is 5.88 Å². The summed E-state index contributed by atoms with van der Waals surface area (Å²) in [6.45, 7) is 3.73. The number of nitrogens with one attached hydrogen (secondary N) is 1. The molecule has 19 heavy (non-hydrogen) atoms. The van der Waals surface area contributed by atoms with Crippen LogP contribution in [0, 0.1) is 6.92 Å². The Balaban J connectivity index is 2.25. The van der Waals surface area contributed by atoms with Crippen LogP contribution in [0.2, 0.25) is 0 Å². The first-order valence-corrected chi connectivity index (χ1v) is 5.78. The molecule has 0 saturated carbocycles. The number of aryl methyl sites for hydroxylation is 1. The van der Waals surface area contributed by atoms with E-state index in [4.69, 9.17) is 4.52 Å². The second-order valence-corrected chi connectivity index (χ2v) is 4.23. The maximum Gasteiger partial charge on any atom is 0.337 e. The van der Waals surface area contributed by atoms with Gasteiger partial charge in [-0.25, -0.2) is 0 Å². The molecule has 0 saturated heterocycles. The fourth-order valence-electron chi connectivity index (χ4n) is 1.64. The lowest BCUT2D eigenvalue weighted by atomic mass is 10.1. The second kappa shape index (κ2) is 5.43. The number of rotatable bonds is 4. The van der Waals surface area contributed by atoms with Crippen molar-refractivity contribution in [1.82, 2.24) is 5.27 Å². The molecule has 0 unspecified atom stereocenters. The summed E-state index contributed by atoms with van der Waals surface area (Å²) in [5, 5.41) is 6.17. The zero-order chi connectivity index (χ0) is 13.8. The number of amides is 1. The highest BCUT2D eigenvalue weighted by molar-refractivity contribution is 5.91. The average molecular weight is 260 g/mol. The highest BCUT2D eigenvalue weighted by Crippen LogP contribution is 2.09. The summed E-state index contributed by atoms with van der Waals surface area (Å²) in [5.74, 6) is -0.253. The quantitative estimate of drug-likeness (QED) is 0.659. The monoisotopic (exact) mass is 260 g/mol. The SMILES string of the molecule is CC(=O)Nc1on[n+](Cc2ccc(C)cc2)c1C=O. The zero-order valence-corrected chi connectivity index (χ0v) is 10.7. The average Bonchev–Trinajstić information content (AvgIpc) is 2.73. The van der Waals surface area contributed by atoms with E-state index in [1.165, 1.54) is 11.6 Å². The number of hydrogen-bond donors (Lipinski definition) is 1. The third-order valence-electron chi connectivity index (χ3n) is 2.60. The molecule has 6 nitrogen and oxygen atoms in total. The van der Waals surface area contributed by atoms with E-state index in [0.29, 0.717) is 12.8 Å². The molecule has 0 bridgehead atoms. The summed E-state index contributed by atoms with van der Waals surface area (Å²) in [5.41, 5.74) is 2.35. The zero-order valence-electron chi connectivity index (χ0n) is 10.7. The Hall–Kier alpha value is -2.50. The second-order valence-electron chi connectivity index (χ2n) is 4.23. The molecule has 98 valence electrons. The van der Waals surface area contributed by atoms with Gasteiger partial charge in [-0.15, -0.1) is 0 Å². The molecule has 2 rings (SSSR count). The molecule has 0 fully saturated rings. The number of benzene rings is 1. The molecular weight excluding hydrogens is 246 g/mol. The van der Waals surface area contributed by atoms with Gasteiger partial charge in [-0.2, -0.15) is 0 Å². The molecule has 1 aromatic carbocycles. The topological polar surface area (TPSA) is 76.1 Å². The van der Waals surface area contributed by atoms with Gasteiger partial charge in [0, 0.05) is 12.5 Å². The van der Waals surface area contributed by atoms with E-state index in [-0.39, 0.29) is 17.5 Å². The van der Waals surface area contributed by atoms with Crippen LogP contribution in [0.3, 0.4) is 0 Å². The van der Waals surface area contributed by atoms with Gasteiger partial charge in [-0.3, -0.25) is 19.4 Å². The number of aromatic nitrogens is 2. The number of carbonyl (C=O) groups is 2. The molecule has 1 heterocycles. The maximum absolute atomic E-state index is 11.1. The molecule has 1 N–H and O–H groups in total. The number of anilines is 1. The molecule has 0 aliphatic carbocycles. The minimum Gasteiger partial charge on any atom is -0.291 e. The van der Waals surface area contributed by atoms with Gasteiger partial charge in [-0.1, -0.05) is 29.8 Å². The van der Waals surface area contributed by atoms with Gasteiger partial charge >= 0.3 is 11.6 Å². The van der Waals surface area contributed by atoms with Crippen LogP contribution in [-0.2, 0) is 11.3 Å². The number of hydrogen-bond acceptors (Lipinski definition) is 4. The third kappa shape index (κ3) is 3.04. The number of nitrogens with zero attached hydrogens (tertiary/aromatic N) is 2. The van der Waals surface area contributed by atoms with Crippen molar-refractivity contribution < 1.29 is 18.8 Å². The molecule has 0 radical (unpaired) electrons. The Morgan fingerprint density at radius 3 is 2.68 bits per heavy atom. The lowest BCUT2D eigenvalue weighted by Crippen LogP contribution is -2.40. The molecule has 1 amide bonds. The standard InChI is InChI=1S/C13H13N3O3/c1-9-3-5-11(6-4-9)7-16-12(8-17)13(19-15-16)14-10(2)18/h3-6,8H,7H2,1-2H3/p+1. The largest absolute Gasteiger partial charge is 0.337 e. The van der Waals surface area contributed by atoms with E-state index >= 15 is 0 Å². The number of carbonyl (C=O) groups excluding carboxylic acids is 2. The smallest absolute Gasteiger partial charge is 0.291 e. The third-order valence-corrected chi connectivity index (χ3v) is 2.60. The molecule has 0 atom stereocenters. The predicted octanol–water partition coefficient (Wildman–Crippen LogP) is 1.09. The van der Waals surface area contributed by atoms with E-state index in [0.717, 1.165) is 11.1 Å².